The molecule has 0 aromatic heterocycles. The zero-order chi connectivity index (χ0) is 17.5. The van der Waals surface area contributed by atoms with Gasteiger partial charge >= 0.3 is 0 Å². The van der Waals surface area contributed by atoms with Gasteiger partial charge < -0.3 is 0 Å². The van der Waals surface area contributed by atoms with Gasteiger partial charge in [0, 0.05) is 73.0 Å². The lowest BCUT2D eigenvalue weighted by Gasteiger charge is -2.20. The lowest BCUT2D eigenvalue weighted by atomic mass is 9.86. The molecule has 0 saturated heterocycles. The third-order valence-corrected chi connectivity index (χ3v) is 3.46. The van der Waals surface area contributed by atoms with Crippen LogP contribution in [0.15, 0.2) is 18.2 Å². The minimum Gasteiger partial charge on any atom is -0.0561 e. The second-order valence-electron chi connectivity index (χ2n) is 8.92. The van der Waals surface area contributed by atoms with E-state index in [1.54, 1.807) is 6.07 Å². The summed E-state index contributed by atoms with van der Waals surface area (Å²) in [4.78, 5) is 25.1. The van der Waals surface area contributed by atoms with Gasteiger partial charge in [-0.25, -0.2) is 0 Å². The van der Waals surface area contributed by atoms with Gasteiger partial charge in [0.25, 0.3) is 11.4 Å². The van der Waals surface area contributed by atoms with Crippen molar-refractivity contribution in [2.24, 2.45) is 0 Å². The SMILES string of the molecule is CC(C)(C)c1cc([N+](=O)C(C)(C)C)cc([N+](=O)C(C)(C)C)c1. The van der Waals surface area contributed by atoms with Crippen molar-refractivity contribution < 1.29 is 9.52 Å². The van der Waals surface area contributed by atoms with E-state index in [2.05, 4.69) is 20.8 Å². The first kappa shape index (κ1) is 18.5. The minimum atomic E-state index is -0.552. The molecule has 0 aliphatic rings. The highest BCUT2D eigenvalue weighted by Crippen LogP contribution is 2.34. The number of hydrogen-bond donors (Lipinski definition) is 0. The maximum absolute atomic E-state index is 12.6. The van der Waals surface area contributed by atoms with E-state index in [-0.39, 0.29) is 5.41 Å². The third kappa shape index (κ3) is 4.21. The predicted octanol–water partition coefficient (Wildman–Crippen LogP) is 5.40. The monoisotopic (exact) mass is 306 g/mol. The van der Waals surface area contributed by atoms with Gasteiger partial charge in [0.2, 0.25) is 11.1 Å². The van der Waals surface area contributed by atoms with E-state index in [4.69, 9.17) is 0 Å². The molecular formula is C18H30N2O2+2. The molecule has 0 aliphatic carbocycles. The normalized spacial score (nSPS) is 13.1. The van der Waals surface area contributed by atoms with Gasteiger partial charge in [-0.2, -0.15) is 0 Å². The Morgan fingerprint density at radius 2 is 0.955 bits per heavy atom. The van der Waals surface area contributed by atoms with Crippen LogP contribution < -0.4 is 0 Å². The quantitative estimate of drug-likeness (QED) is 0.686. The van der Waals surface area contributed by atoms with E-state index in [9.17, 15) is 9.81 Å². The van der Waals surface area contributed by atoms with Crippen LogP contribution in [-0.2, 0) is 5.41 Å². The summed E-state index contributed by atoms with van der Waals surface area (Å²) in [6.07, 6.45) is 0. The molecule has 4 heteroatoms. The summed E-state index contributed by atoms with van der Waals surface area (Å²) in [6, 6.07) is 5.46. The maximum atomic E-state index is 12.6. The first-order valence-electron chi connectivity index (χ1n) is 7.74. The summed E-state index contributed by atoms with van der Waals surface area (Å²) in [5.74, 6) is 0. The van der Waals surface area contributed by atoms with Crippen LogP contribution in [0.4, 0.5) is 11.4 Å². The molecule has 1 aromatic rings. The average molecular weight is 306 g/mol. The summed E-state index contributed by atoms with van der Waals surface area (Å²) in [5.41, 5.74) is 0.796. The zero-order valence-electron chi connectivity index (χ0n) is 15.4. The van der Waals surface area contributed by atoms with Crippen LogP contribution in [0.25, 0.3) is 0 Å². The predicted molar refractivity (Wildman–Crippen MR) is 91.2 cm³/mol. The minimum absolute atomic E-state index is 0.137. The fourth-order valence-corrected chi connectivity index (χ4v) is 2.04. The highest BCUT2D eigenvalue weighted by Gasteiger charge is 2.37. The Hall–Kier alpha value is -1.58. The highest BCUT2D eigenvalue weighted by atomic mass is 16.3. The van der Waals surface area contributed by atoms with Crippen molar-refractivity contribution in [2.45, 2.75) is 78.8 Å². The fraction of sp³-hybridized carbons (Fsp3) is 0.667. The van der Waals surface area contributed by atoms with Gasteiger partial charge in [-0.15, -0.1) is 0 Å². The second-order valence-corrected chi connectivity index (χ2v) is 8.92. The maximum Gasteiger partial charge on any atom is 0.263 e. The van der Waals surface area contributed by atoms with Gasteiger partial charge in [0.1, 0.15) is 0 Å². The van der Waals surface area contributed by atoms with Crippen LogP contribution in [0, 0.1) is 9.81 Å². The Labute approximate surface area is 134 Å². The van der Waals surface area contributed by atoms with Crippen molar-refractivity contribution in [3.63, 3.8) is 0 Å². The van der Waals surface area contributed by atoms with E-state index >= 15 is 0 Å². The van der Waals surface area contributed by atoms with E-state index in [1.807, 2.05) is 53.7 Å². The molecule has 1 aromatic carbocycles. The molecule has 1 rings (SSSR count). The summed E-state index contributed by atoms with van der Waals surface area (Å²) in [5, 5.41) is 0. The van der Waals surface area contributed by atoms with Crippen LogP contribution in [0.3, 0.4) is 0 Å². The molecule has 0 atom stereocenters. The van der Waals surface area contributed by atoms with Gasteiger partial charge in [0.05, 0.1) is 6.07 Å². The molecule has 0 amide bonds. The van der Waals surface area contributed by atoms with Crippen molar-refractivity contribution in [1.82, 2.24) is 0 Å². The molecule has 0 N–H and O–H groups in total. The van der Waals surface area contributed by atoms with E-state index in [1.165, 1.54) is 0 Å². The first-order chi connectivity index (χ1) is 9.64. The van der Waals surface area contributed by atoms with Crippen LogP contribution in [0.2, 0.25) is 0 Å². The van der Waals surface area contributed by atoms with Crippen molar-refractivity contribution in [1.29, 1.82) is 0 Å². The molecule has 0 saturated carbocycles. The number of rotatable bonds is 2. The molecule has 0 spiro atoms. The Morgan fingerprint density at radius 1 is 0.636 bits per heavy atom. The number of nitrogens with zero attached hydrogens (tertiary/aromatic N) is 2. The molecule has 0 heterocycles. The molecule has 122 valence electrons. The molecule has 0 unspecified atom stereocenters. The van der Waals surface area contributed by atoms with Crippen molar-refractivity contribution in [3.8, 4) is 0 Å². The topological polar surface area (TPSA) is 40.2 Å². The smallest absolute Gasteiger partial charge is 0.0561 e. The highest BCUT2D eigenvalue weighted by molar-refractivity contribution is 5.48. The lowest BCUT2D eigenvalue weighted by Crippen LogP contribution is -2.29. The summed E-state index contributed by atoms with van der Waals surface area (Å²) < 4.78 is 1.95. The molecule has 0 fully saturated rings. The molecule has 0 aliphatic heterocycles. The Kier molecular flexibility index (Phi) is 4.67. The Morgan fingerprint density at radius 3 is 1.18 bits per heavy atom. The molecule has 0 bridgehead atoms. The fourth-order valence-electron chi connectivity index (χ4n) is 2.04. The van der Waals surface area contributed by atoms with Crippen molar-refractivity contribution in [3.05, 3.63) is 33.6 Å². The van der Waals surface area contributed by atoms with Gasteiger partial charge in [-0.1, -0.05) is 20.8 Å². The van der Waals surface area contributed by atoms with Gasteiger partial charge in [-0.05, 0) is 11.0 Å². The number of hydrogen-bond acceptors (Lipinski definition) is 2. The van der Waals surface area contributed by atoms with Crippen LogP contribution in [0.5, 0.6) is 0 Å². The second kappa shape index (κ2) is 5.56. The van der Waals surface area contributed by atoms with E-state index < -0.39 is 11.1 Å². The summed E-state index contributed by atoms with van der Waals surface area (Å²) in [6.45, 7) is 17.4. The largest absolute Gasteiger partial charge is 0.263 e. The summed E-state index contributed by atoms with van der Waals surface area (Å²) >= 11 is 0. The van der Waals surface area contributed by atoms with Crippen molar-refractivity contribution >= 4 is 11.4 Å². The third-order valence-electron chi connectivity index (χ3n) is 3.46. The molecular weight excluding hydrogens is 276 g/mol. The average Bonchev–Trinajstić information content (AvgIpc) is 2.33. The zero-order valence-corrected chi connectivity index (χ0v) is 15.4. The van der Waals surface area contributed by atoms with E-state index in [0.29, 0.717) is 11.4 Å². The molecule has 4 nitrogen and oxygen atoms in total. The van der Waals surface area contributed by atoms with Gasteiger partial charge in [0.15, 0.2) is 0 Å². The number of benzene rings is 1. The Bertz CT molecular complexity index is 553. The lowest BCUT2D eigenvalue weighted by molar-refractivity contribution is -0.547. The summed E-state index contributed by atoms with van der Waals surface area (Å²) in [7, 11) is 0. The number of nitroso groups, excluding NO2 is 2. The molecule has 22 heavy (non-hydrogen) atoms. The van der Waals surface area contributed by atoms with Crippen LogP contribution in [0.1, 0.15) is 67.9 Å². The van der Waals surface area contributed by atoms with Crippen LogP contribution >= 0.6 is 0 Å². The van der Waals surface area contributed by atoms with Crippen LogP contribution in [-0.4, -0.2) is 20.6 Å². The standard InChI is InChI=1S/C18H30N2O2/c1-16(2,3)13-10-14(19(21)17(4,5)6)12-15(11-13)20(22)18(7,8)9/h10-12H,1-9H3/q+2. The first-order valence-corrected chi connectivity index (χ1v) is 7.74. The van der Waals surface area contributed by atoms with Crippen molar-refractivity contribution in [2.75, 3.05) is 0 Å². The van der Waals surface area contributed by atoms with E-state index in [0.717, 1.165) is 15.1 Å². The Balaban J connectivity index is 3.55. The molecule has 0 radical (unpaired) electrons. The van der Waals surface area contributed by atoms with Gasteiger partial charge in [-0.3, -0.25) is 0 Å².